The van der Waals surface area contributed by atoms with Crippen molar-refractivity contribution in [2.75, 3.05) is 24.5 Å². The molecule has 1 heterocycles. The summed E-state index contributed by atoms with van der Waals surface area (Å²) < 4.78 is 13.9. The maximum absolute atomic E-state index is 13.9. The number of benzene rings is 2. The van der Waals surface area contributed by atoms with E-state index in [-0.39, 0.29) is 23.4 Å². The summed E-state index contributed by atoms with van der Waals surface area (Å²) in [5, 5.41) is 3.07. The predicted molar refractivity (Wildman–Crippen MR) is 117 cm³/mol. The van der Waals surface area contributed by atoms with E-state index >= 15 is 0 Å². The van der Waals surface area contributed by atoms with Crippen molar-refractivity contribution in [1.82, 2.24) is 10.2 Å². The van der Waals surface area contributed by atoms with Gasteiger partial charge in [-0.1, -0.05) is 12.1 Å². The molecule has 0 unspecified atom stereocenters. The van der Waals surface area contributed by atoms with Gasteiger partial charge in [0.2, 0.25) is 0 Å². The molecule has 0 atom stereocenters. The second-order valence-corrected chi connectivity index (χ2v) is 7.95. The minimum atomic E-state index is -0.500. The zero-order valence-corrected chi connectivity index (χ0v) is 17.9. The third-order valence-electron chi connectivity index (χ3n) is 5.65. The number of carbonyl (C=O) groups is 2. The number of carbonyl (C=O) groups excluding carboxylic acids is 2. The summed E-state index contributed by atoms with van der Waals surface area (Å²) >= 11 is 0. The predicted octanol–water partition coefficient (Wildman–Crippen LogP) is 4.10. The molecule has 0 aromatic heterocycles. The highest BCUT2D eigenvalue weighted by atomic mass is 19.1. The minimum Gasteiger partial charge on any atom is -0.369 e. The Balaban J connectivity index is 1.54. The van der Waals surface area contributed by atoms with Crippen LogP contribution >= 0.6 is 0 Å². The van der Waals surface area contributed by atoms with Gasteiger partial charge in [-0.15, -0.1) is 0 Å². The van der Waals surface area contributed by atoms with Crippen LogP contribution in [0.4, 0.5) is 10.1 Å². The fourth-order valence-corrected chi connectivity index (χ4v) is 3.95. The van der Waals surface area contributed by atoms with E-state index in [1.165, 1.54) is 12.1 Å². The molecule has 2 amide bonds. The second kappa shape index (κ2) is 9.74. The first-order chi connectivity index (χ1) is 14.4. The topological polar surface area (TPSA) is 52.7 Å². The first-order valence-corrected chi connectivity index (χ1v) is 10.6. The summed E-state index contributed by atoms with van der Waals surface area (Å²) in [5.74, 6) is -0.896. The Morgan fingerprint density at radius 2 is 1.73 bits per heavy atom. The average Bonchev–Trinajstić information content (AvgIpc) is 2.75. The zero-order chi connectivity index (χ0) is 21.7. The summed E-state index contributed by atoms with van der Waals surface area (Å²) in [6.07, 6.45) is 1.31. The van der Waals surface area contributed by atoms with Crippen molar-refractivity contribution in [3.63, 3.8) is 0 Å². The lowest BCUT2D eigenvalue weighted by Crippen LogP contribution is -2.46. The highest BCUT2D eigenvalue weighted by molar-refractivity contribution is 5.95. The van der Waals surface area contributed by atoms with Gasteiger partial charge in [0.15, 0.2) is 0 Å². The molecule has 5 nitrogen and oxygen atoms in total. The standard InChI is InChI=1S/C24H30FN3O2/c1-4-28(17(2)3)20-11-9-18(10-12-20)23(29)26-19-13-15-27(16-14-19)24(30)21-7-5-6-8-22(21)25/h5-12,17,19H,4,13-16H2,1-3H3,(H,26,29). The first-order valence-electron chi connectivity index (χ1n) is 10.6. The zero-order valence-electron chi connectivity index (χ0n) is 17.9. The number of halogens is 1. The molecule has 0 saturated carbocycles. The molecule has 2 aromatic carbocycles. The quantitative estimate of drug-likeness (QED) is 0.779. The molecule has 30 heavy (non-hydrogen) atoms. The number of nitrogens with zero attached hydrogens (tertiary/aromatic N) is 2. The van der Waals surface area contributed by atoms with Gasteiger partial charge in [0.1, 0.15) is 5.82 Å². The van der Waals surface area contributed by atoms with Gasteiger partial charge in [0.25, 0.3) is 11.8 Å². The summed E-state index contributed by atoms with van der Waals surface area (Å²) in [4.78, 5) is 29.1. The van der Waals surface area contributed by atoms with Crippen LogP contribution in [0.3, 0.4) is 0 Å². The van der Waals surface area contributed by atoms with Crippen molar-refractivity contribution in [2.24, 2.45) is 0 Å². The lowest BCUT2D eigenvalue weighted by molar-refractivity contribution is 0.0693. The van der Waals surface area contributed by atoms with Crippen molar-refractivity contribution in [2.45, 2.75) is 45.7 Å². The Kier molecular flexibility index (Phi) is 7.08. The minimum absolute atomic E-state index is 0.00431. The fraction of sp³-hybridized carbons (Fsp3) is 0.417. The molecule has 1 saturated heterocycles. The third kappa shape index (κ3) is 4.99. The average molecular weight is 412 g/mol. The van der Waals surface area contributed by atoms with Gasteiger partial charge < -0.3 is 15.1 Å². The van der Waals surface area contributed by atoms with Crippen LogP contribution in [0.2, 0.25) is 0 Å². The van der Waals surface area contributed by atoms with E-state index in [2.05, 4.69) is 31.0 Å². The van der Waals surface area contributed by atoms with Crippen LogP contribution in [-0.2, 0) is 0 Å². The van der Waals surface area contributed by atoms with Gasteiger partial charge in [0, 0.05) is 43.0 Å². The Morgan fingerprint density at radius 1 is 1.10 bits per heavy atom. The molecule has 1 aliphatic rings. The Labute approximate surface area is 177 Å². The molecule has 0 aliphatic carbocycles. The van der Waals surface area contributed by atoms with E-state index < -0.39 is 5.82 Å². The van der Waals surface area contributed by atoms with Gasteiger partial charge in [-0.05, 0) is 70.0 Å². The van der Waals surface area contributed by atoms with E-state index in [0.717, 1.165) is 12.2 Å². The van der Waals surface area contributed by atoms with E-state index in [9.17, 15) is 14.0 Å². The molecule has 0 spiro atoms. The van der Waals surface area contributed by atoms with Crippen molar-refractivity contribution in [3.8, 4) is 0 Å². The van der Waals surface area contributed by atoms with Gasteiger partial charge in [-0.3, -0.25) is 9.59 Å². The molecule has 2 aromatic rings. The molecule has 0 radical (unpaired) electrons. The highest BCUT2D eigenvalue weighted by Crippen LogP contribution is 2.19. The number of piperidine rings is 1. The summed E-state index contributed by atoms with van der Waals surface area (Å²) in [5.41, 5.74) is 1.83. The van der Waals surface area contributed by atoms with Crippen LogP contribution in [-0.4, -0.2) is 48.4 Å². The van der Waals surface area contributed by atoms with Crippen LogP contribution in [0.5, 0.6) is 0 Å². The smallest absolute Gasteiger partial charge is 0.256 e. The number of nitrogens with one attached hydrogen (secondary N) is 1. The molecular formula is C24H30FN3O2. The number of hydrogen-bond donors (Lipinski definition) is 1. The molecule has 160 valence electrons. The van der Waals surface area contributed by atoms with E-state index in [4.69, 9.17) is 0 Å². The number of likely N-dealkylation sites (tertiary alicyclic amines) is 1. The molecular weight excluding hydrogens is 381 g/mol. The number of amides is 2. The maximum atomic E-state index is 13.9. The van der Waals surface area contributed by atoms with Gasteiger partial charge in [-0.25, -0.2) is 4.39 Å². The lowest BCUT2D eigenvalue weighted by Gasteiger charge is -2.32. The van der Waals surface area contributed by atoms with Gasteiger partial charge in [-0.2, -0.15) is 0 Å². The fourth-order valence-electron chi connectivity index (χ4n) is 3.95. The van der Waals surface area contributed by atoms with Gasteiger partial charge >= 0.3 is 0 Å². The molecule has 0 bridgehead atoms. The van der Waals surface area contributed by atoms with Crippen molar-refractivity contribution in [1.29, 1.82) is 0 Å². The van der Waals surface area contributed by atoms with Crippen LogP contribution in [0.15, 0.2) is 48.5 Å². The number of hydrogen-bond acceptors (Lipinski definition) is 3. The van der Waals surface area contributed by atoms with Crippen molar-refractivity contribution < 1.29 is 14.0 Å². The van der Waals surface area contributed by atoms with Crippen LogP contribution in [0.25, 0.3) is 0 Å². The van der Waals surface area contributed by atoms with Crippen molar-refractivity contribution in [3.05, 3.63) is 65.5 Å². The number of anilines is 1. The van der Waals surface area contributed by atoms with Crippen LogP contribution in [0, 0.1) is 5.82 Å². The van der Waals surface area contributed by atoms with E-state index in [1.54, 1.807) is 17.0 Å². The van der Waals surface area contributed by atoms with E-state index in [1.807, 2.05) is 24.3 Å². The monoisotopic (exact) mass is 411 g/mol. The lowest BCUT2D eigenvalue weighted by atomic mass is 10.0. The summed E-state index contributed by atoms with van der Waals surface area (Å²) in [6.45, 7) is 8.31. The van der Waals surface area contributed by atoms with Crippen LogP contribution < -0.4 is 10.2 Å². The number of rotatable bonds is 6. The molecule has 6 heteroatoms. The Morgan fingerprint density at radius 3 is 2.30 bits per heavy atom. The summed E-state index contributed by atoms with van der Waals surface area (Å²) in [7, 11) is 0. The Hall–Kier alpha value is -2.89. The van der Waals surface area contributed by atoms with Gasteiger partial charge in [0.05, 0.1) is 5.56 Å². The van der Waals surface area contributed by atoms with Crippen molar-refractivity contribution >= 4 is 17.5 Å². The molecule has 3 rings (SSSR count). The van der Waals surface area contributed by atoms with Crippen LogP contribution in [0.1, 0.15) is 54.3 Å². The molecule has 1 N–H and O–H groups in total. The SMILES string of the molecule is CCN(c1ccc(C(=O)NC2CCN(C(=O)c3ccccc3F)CC2)cc1)C(C)C. The van der Waals surface area contributed by atoms with E-state index in [0.29, 0.717) is 37.5 Å². The molecule has 1 fully saturated rings. The normalized spacial score (nSPS) is 14.6. The highest BCUT2D eigenvalue weighted by Gasteiger charge is 2.26. The molecule has 1 aliphatic heterocycles. The maximum Gasteiger partial charge on any atom is 0.256 e. The Bertz CT molecular complexity index is 874. The first kappa shape index (κ1) is 21.8. The second-order valence-electron chi connectivity index (χ2n) is 7.95. The largest absolute Gasteiger partial charge is 0.369 e. The third-order valence-corrected chi connectivity index (χ3v) is 5.65. The summed E-state index contributed by atoms with van der Waals surface area (Å²) in [6, 6.07) is 14.1.